The third kappa shape index (κ3) is 56.4. The minimum Gasteiger partial charge on any atom is -0.387 e. The number of carbonyl (C=O) groups excluding carboxylic acids is 1. The molecule has 0 aliphatic carbocycles. The molecular weight excluding hydrogens is 912 g/mol. The fourth-order valence-corrected chi connectivity index (χ4v) is 10.2. The molecule has 0 aliphatic heterocycles. The van der Waals surface area contributed by atoms with Crippen molar-refractivity contribution in [3.63, 3.8) is 0 Å². The highest BCUT2D eigenvalue weighted by molar-refractivity contribution is 7.47. The minimum absolute atomic E-state index is 0.0602. The van der Waals surface area contributed by atoms with E-state index in [0.717, 1.165) is 51.4 Å². The summed E-state index contributed by atoms with van der Waals surface area (Å²) >= 11 is 0. The number of hydrogen-bond acceptors (Lipinski definition) is 5. The maximum atomic E-state index is 13.0. The molecular formula is C63H124N2O6P+. The van der Waals surface area contributed by atoms with Crippen molar-refractivity contribution in [2.24, 2.45) is 0 Å². The molecule has 0 aliphatic rings. The SMILES string of the molecule is CCCCCC/C=C\C/C=C\CCCCCCCCCC(=O)NC(COP(=O)(O)OCC[N+](C)(C)C)C(O)/C=C/CCCCCCCCCCCCCCCCCCCCCCCCCCCCCCCC. The zero-order valence-corrected chi connectivity index (χ0v) is 49.6. The van der Waals surface area contributed by atoms with Crippen LogP contribution in [-0.4, -0.2) is 73.4 Å². The van der Waals surface area contributed by atoms with E-state index in [2.05, 4.69) is 43.5 Å². The number of likely N-dealkylation sites (N-methyl/N-ethyl adjacent to an activating group) is 1. The predicted octanol–water partition coefficient (Wildman–Crippen LogP) is 19.3. The third-order valence-corrected chi connectivity index (χ3v) is 15.3. The summed E-state index contributed by atoms with van der Waals surface area (Å²) in [6.07, 6.45) is 71.3. The highest BCUT2D eigenvalue weighted by Gasteiger charge is 2.27. The molecule has 0 rings (SSSR count). The van der Waals surface area contributed by atoms with Crippen molar-refractivity contribution in [2.45, 2.75) is 321 Å². The van der Waals surface area contributed by atoms with Crippen molar-refractivity contribution in [2.75, 3.05) is 40.9 Å². The first-order chi connectivity index (χ1) is 35.0. The summed E-state index contributed by atoms with van der Waals surface area (Å²) in [6.45, 7) is 4.83. The van der Waals surface area contributed by atoms with Crippen LogP contribution in [0.3, 0.4) is 0 Å². The van der Waals surface area contributed by atoms with Gasteiger partial charge in [-0.25, -0.2) is 4.57 Å². The Bertz CT molecular complexity index is 1270. The van der Waals surface area contributed by atoms with Gasteiger partial charge in [0.15, 0.2) is 0 Å². The maximum Gasteiger partial charge on any atom is 0.472 e. The second kappa shape index (κ2) is 54.5. The first-order valence-corrected chi connectivity index (χ1v) is 32.9. The molecule has 0 aromatic carbocycles. The summed E-state index contributed by atoms with van der Waals surface area (Å²) in [4.78, 5) is 23.3. The van der Waals surface area contributed by atoms with Crippen LogP contribution in [0.2, 0.25) is 0 Å². The van der Waals surface area contributed by atoms with E-state index in [-0.39, 0.29) is 19.1 Å². The fraction of sp³-hybridized carbons (Fsp3) is 0.889. The van der Waals surface area contributed by atoms with Gasteiger partial charge in [0.1, 0.15) is 13.2 Å². The number of quaternary nitrogens is 1. The Morgan fingerprint density at radius 2 is 0.792 bits per heavy atom. The van der Waals surface area contributed by atoms with E-state index in [1.165, 1.54) is 238 Å². The topological polar surface area (TPSA) is 105 Å². The molecule has 0 heterocycles. The third-order valence-electron chi connectivity index (χ3n) is 14.4. The van der Waals surface area contributed by atoms with Gasteiger partial charge in [0.2, 0.25) is 5.91 Å². The Morgan fingerprint density at radius 1 is 0.472 bits per heavy atom. The van der Waals surface area contributed by atoms with E-state index < -0.39 is 20.0 Å². The fourth-order valence-electron chi connectivity index (χ4n) is 9.43. The highest BCUT2D eigenvalue weighted by Crippen LogP contribution is 2.43. The van der Waals surface area contributed by atoms with Crippen LogP contribution in [0.25, 0.3) is 0 Å². The van der Waals surface area contributed by atoms with Crippen LogP contribution in [0.4, 0.5) is 0 Å². The van der Waals surface area contributed by atoms with E-state index in [1.807, 2.05) is 27.2 Å². The van der Waals surface area contributed by atoms with Crippen molar-refractivity contribution in [1.82, 2.24) is 5.32 Å². The molecule has 0 bridgehead atoms. The number of rotatable bonds is 58. The maximum absolute atomic E-state index is 13.0. The van der Waals surface area contributed by atoms with Crippen LogP contribution in [0.1, 0.15) is 309 Å². The zero-order chi connectivity index (χ0) is 52.7. The van der Waals surface area contributed by atoms with Crippen molar-refractivity contribution in [3.05, 3.63) is 36.5 Å². The number of hydrogen-bond donors (Lipinski definition) is 3. The monoisotopic (exact) mass is 1040 g/mol. The molecule has 0 saturated heterocycles. The Kier molecular flexibility index (Phi) is 53.5. The molecule has 1 amide bonds. The molecule has 8 nitrogen and oxygen atoms in total. The first-order valence-electron chi connectivity index (χ1n) is 31.4. The summed E-state index contributed by atoms with van der Waals surface area (Å²) in [5.74, 6) is -0.182. The summed E-state index contributed by atoms with van der Waals surface area (Å²) in [5, 5.41) is 14.0. The van der Waals surface area contributed by atoms with E-state index in [9.17, 15) is 19.4 Å². The van der Waals surface area contributed by atoms with Gasteiger partial charge in [-0.1, -0.05) is 288 Å². The molecule has 72 heavy (non-hydrogen) atoms. The second-order valence-corrected chi connectivity index (χ2v) is 24.2. The van der Waals surface area contributed by atoms with Crippen LogP contribution >= 0.6 is 7.82 Å². The molecule has 0 fully saturated rings. The molecule has 9 heteroatoms. The molecule has 426 valence electrons. The van der Waals surface area contributed by atoms with Crippen LogP contribution < -0.4 is 5.32 Å². The number of phosphoric acid groups is 1. The lowest BCUT2D eigenvalue weighted by molar-refractivity contribution is -0.870. The summed E-state index contributed by atoms with van der Waals surface area (Å²) in [5.41, 5.74) is 0. The van der Waals surface area contributed by atoms with Crippen LogP contribution in [0, 0.1) is 0 Å². The highest BCUT2D eigenvalue weighted by atomic mass is 31.2. The molecule has 0 saturated carbocycles. The van der Waals surface area contributed by atoms with Gasteiger partial charge in [-0.05, 0) is 51.4 Å². The van der Waals surface area contributed by atoms with Crippen LogP contribution in [0.5, 0.6) is 0 Å². The number of aliphatic hydroxyl groups excluding tert-OH is 1. The van der Waals surface area contributed by atoms with Crippen LogP contribution in [0.15, 0.2) is 36.5 Å². The average molecular weight is 1040 g/mol. The first kappa shape index (κ1) is 70.7. The summed E-state index contributed by atoms with van der Waals surface area (Å²) in [7, 11) is 1.57. The summed E-state index contributed by atoms with van der Waals surface area (Å²) in [6, 6.07) is -0.852. The van der Waals surface area contributed by atoms with Crippen molar-refractivity contribution in [3.8, 4) is 0 Å². The average Bonchev–Trinajstić information content (AvgIpc) is 3.34. The Labute approximate surface area is 448 Å². The van der Waals surface area contributed by atoms with Gasteiger partial charge in [-0.3, -0.25) is 13.8 Å². The molecule has 0 radical (unpaired) electrons. The van der Waals surface area contributed by atoms with Crippen molar-refractivity contribution >= 4 is 13.7 Å². The van der Waals surface area contributed by atoms with E-state index in [1.54, 1.807) is 6.08 Å². The number of carbonyl (C=O) groups is 1. The summed E-state index contributed by atoms with van der Waals surface area (Å²) < 4.78 is 23.7. The lowest BCUT2D eigenvalue weighted by atomic mass is 10.0. The van der Waals surface area contributed by atoms with Gasteiger partial charge in [0.25, 0.3) is 0 Å². The van der Waals surface area contributed by atoms with Crippen LogP contribution in [-0.2, 0) is 18.4 Å². The smallest absolute Gasteiger partial charge is 0.387 e. The van der Waals surface area contributed by atoms with Gasteiger partial charge in [-0.2, -0.15) is 0 Å². The lowest BCUT2D eigenvalue weighted by Gasteiger charge is -2.25. The number of unbranched alkanes of at least 4 members (excludes halogenated alkanes) is 41. The number of nitrogens with one attached hydrogen (secondary N) is 1. The number of aliphatic hydroxyl groups is 1. The van der Waals surface area contributed by atoms with E-state index >= 15 is 0 Å². The normalized spacial score (nSPS) is 14.0. The number of nitrogens with zero attached hydrogens (tertiary/aromatic N) is 1. The van der Waals surface area contributed by atoms with Crippen molar-refractivity contribution in [1.29, 1.82) is 0 Å². The largest absolute Gasteiger partial charge is 0.472 e. The Hall–Kier alpha value is -1.28. The second-order valence-electron chi connectivity index (χ2n) is 22.8. The minimum atomic E-state index is -4.35. The Morgan fingerprint density at radius 3 is 1.15 bits per heavy atom. The molecule has 3 atom stereocenters. The molecule has 0 spiro atoms. The van der Waals surface area contributed by atoms with Gasteiger partial charge < -0.3 is 19.8 Å². The van der Waals surface area contributed by atoms with Gasteiger partial charge >= 0.3 is 7.82 Å². The van der Waals surface area contributed by atoms with Gasteiger partial charge in [0.05, 0.1) is 39.9 Å². The number of phosphoric ester groups is 1. The molecule has 3 unspecified atom stereocenters. The van der Waals surface area contributed by atoms with E-state index in [0.29, 0.717) is 17.4 Å². The van der Waals surface area contributed by atoms with E-state index in [4.69, 9.17) is 9.05 Å². The van der Waals surface area contributed by atoms with Gasteiger partial charge in [-0.15, -0.1) is 0 Å². The lowest BCUT2D eigenvalue weighted by Crippen LogP contribution is -2.45. The number of allylic oxidation sites excluding steroid dienone is 5. The van der Waals surface area contributed by atoms with Gasteiger partial charge in [0, 0.05) is 6.42 Å². The predicted molar refractivity (Wildman–Crippen MR) is 314 cm³/mol. The molecule has 0 aromatic heterocycles. The molecule has 3 N–H and O–H groups in total. The Balaban J connectivity index is 4.08. The van der Waals surface area contributed by atoms with Crippen molar-refractivity contribution < 1.29 is 32.9 Å². The standard InChI is InChI=1S/C63H123N2O6P/c1-6-8-10-12-14-16-18-20-22-24-26-27-28-29-30-31-32-33-34-35-36-37-38-39-40-42-44-46-48-50-52-54-56-62(66)61(60-71-72(68,69)70-59-58-65(3,4)5)64-63(67)57-55-53-51-49-47-45-43-41-25-23-21-19-17-15-13-11-9-7-2/h17,19,23,25,54,56,61-62,66H,6-16,18,20-22,24,26-53,55,57-60H2,1-5H3,(H-,64,67,68,69)/p+1/b19-17-,25-23-,56-54+. The number of amides is 1. The quantitative estimate of drug-likeness (QED) is 0.0243. The zero-order valence-electron chi connectivity index (χ0n) is 48.7. The molecule has 0 aromatic rings.